The number of methoxy groups -OCH3 is 1. The number of rotatable bonds is 3. The maximum Gasteiger partial charge on any atom is 0.324 e. The normalized spacial score (nSPS) is 19.1. The first-order chi connectivity index (χ1) is 10.7. The number of benzene rings is 1. The molecule has 0 N–H and O–H groups in total. The van der Waals surface area contributed by atoms with Crippen molar-refractivity contribution < 1.29 is 22.3 Å². The van der Waals surface area contributed by atoms with E-state index >= 15 is 0 Å². The van der Waals surface area contributed by atoms with Gasteiger partial charge in [-0.1, -0.05) is 20.4 Å². The number of fused-ring (bicyclic) bond motifs is 1. The number of ether oxygens (including phenoxy) is 1. The zero-order chi connectivity index (χ0) is 17.4. The molecule has 1 aliphatic heterocycles. The molecule has 126 valence electrons. The molecule has 0 fully saturated rings. The van der Waals surface area contributed by atoms with E-state index in [0.717, 1.165) is 10.4 Å². The number of sulfonamides is 1. The highest BCUT2D eigenvalue weighted by Crippen LogP contribution is 2.34. The molecule has 0 unspecified atom stereocenters. The maximum absolute atomic E-state index is 13.5. The van der Waals surface area contributed by atoms with Crippen molar-refractivity contribution in [2.45, 2.75) is 31.2 Å². The van der Waals surface area contributed by atoms with E-state index in [-0.39, 0.29) is 22.9 Å². The van der Waals surface area contributed by atoms with Crippen LogP contribution in [0.2, 0.25) is 0 Å². The molecule has 0 aromatic heterocycles. The van der Waals surface area contributed by atoms with E-state index in [1.165, 1.54) is 19.2 Å². The van der Waals surface area contributed by atoms with E-state index < -0.39 is 27.9 Å². The van der Waals surface area contributed by atoms with Gasteiger partial charge in [-0.15, -0.1) is 0 Å². The third kappa shape index (κ3) is 3.16. The van der Waals surface area contributed by atoms with Crippen LogP contribution < -0.4 is 0 Å². The highest BCUT2D eigenvalue weighted by atomic mass is 32.2. The number of esters is 1. The van der Waals surface area contributed by atoms with Gasteiger partial charge in [0.1, 0.15) is 11.9 Å². The Kier molecular flexibility index (Phi) is 4.91. The van der Waals surface area contributed by atoms with Crippen LogP contribution in [-0.2, 0) is 19.6 Å². The predicted octanol–water partition coefficient (Wildman–Crippen LogP) is 2.43. The van der Waals surface area contributed by atoms with Crippen molar-refractivity contribution in [3.8, 4) is 0 Å². The molecule has 5 nitrogen and oxygen atoms in total. The Hall–Kier alpha value is -1.73. The first-order valence-corrected chi connectivity index (χ1v) is 8.71. The van der Waals surface area contributed by atoms with Gasteiger partial charge in [-0.2, -0.15) is 4.31 Å². The summed E-state index contributed by atoms with van der Waals surface area (Å²) in [5.74, 6) is -1.41. The third-order valence-electron chi connectivity index (χ3n) is 3.93. The van der Waals surface area contributed by atoms with Crippen LogP contribution >= 0.6 is 0 Å². The van der Waals surface area contributed by atoms with E-state index in [0.29, 0.717) is 12.0 Å². The molecule has 1 heterocycles. The number of hydrogen-bond donors (Lipinski definition) is 0. The molecular formula is C16H20FNO4S. The van der Waals surface area contributed by atoms with E-state index in [9.17, 15) is 17.6 Å². The minimum Gasteiger partial charge on any atom is -0.468 e. The number of halogens is 1. The van der Waals surface area contributed by atoms with Crippen LogP contribution in [0.15, 0.2) is 29.7 Å². The first-order valence-electron chi connectivity index (χ1n) is 7.27. The zero-order valence-corrected chi connectivity index (χ0v) is 14.2. The monoisotopic (exact) mass is 341 g/mol. The Labute approximate surface area is 135 Å². The molecule has 0 radical (unpaired) electrons. The second-order valence-corrected chi connectivity index (χ2v) is 7.68. The number of hydrogen-bond acceptors (Lipinski definition) is 4. The summed E-state index contributed by atoms with van der Waals surface area (Å²) in [6.45, 7) is 7.45. The van der Waals surface area contributed by atoms with Gasteiger partial charge in [0.25, 0.3) is 0 Å². The molecule has 1 aromatic carbocycles. The third-order valence-corrected chi connectivity index (χ3v) is 5.87. The first kappa shape index (κ1) is 17.6. The Bertz CT molecular complexity index is 742. The van der Waals surface area contributed by atoms with E-state index in [2.05, 4.69) is 6.58 Å². The van der Waals surface area contributed by atoms with Gasteiger partial charge >= 0.3 is 5.97 Å². The van der Waals surface area contributed by atoms with Crippen LogP contribution in [-0.4, -0.2) is 38.4 Å². The van der Waals surface area contributed by atoms with Gasteiger partial charge in [0, 0.05) is 12.1 Å². The van der Waals surface area contributed by atoms with Crippen molar-refractivity contribution in [2.75, 3.05) is 13.7 Å². The molecule has 2 rings (SSSR count). The fourth-order valence-corrected chi connectivity index (χ4v) is 4.70. The van der Waals surface area contributed by atoms with Gasteiger partial charge in [0.15, 0.2) is 0 Å². The minimum absolute atomic E-state index is 0.0315. The molecule has 1 aliphatic rings. The topological polar surface area (TPSA) is 63.7 Å². The van der Waals surface area contributed by atoms with Crippen molar-refractivity contribution >= 4 is 21.6 Å². The molecule has 7 heteroatoms. The summed E-state index contributed by atoms with van der Waals surface area (Å²) in [5, 5.41) is 0. The summed E-state index contributed by atoms with van der Waals surface area (Å²) in [6.07, 6.45) is 0.315. The van der Waals surface area contributed by atoms with E-state index in [4.69, 9.17) is 4.74 Å². The number of nitrogens with zero attached hydrogens (tertiary/aromatic N) is 1. The predicted molar refractivity (Wildman–Crippen MR) is 84.6 cm³/mol. The summed E-state index contributed by atoms with van der Waals surface area (Å²) in [5.41, 5.74) is 0.790. The lowest BCUT2D eigenvalue weighted by Gasteiger charge is -2.30. The smallest absolute Gasteiger partial charge is 0.324 e. The van der Waals surface area contributed by atoms with Gasteiger partial charge in [-0.05, 0) is 36.1 Å². The maximum atomic E-state index is 13.5. The van der Waals surface area contributed by atoms with Crippen molar-refractivity contribution in [1.82, 2.24) is 4.31 Å². The minimum atomic E-state index is -3.96. The molecule has 23 heavy (non-hydrogen) atoms. The van der Waals surface area contributed by atoms with Gasteiger partial charge in [0.2, 0.25) is 10.0 Å². The lowest BCUT2D eigenvalue weighted by molar-refractivity contribution is -0.146. The summed E-state index contributed by atoms with van der Waals surface area (Å²) in [7, 11) is -2.74. The second kappa shape index (κ2) is 6.41. The number of carbonyl (C=O) groups is 1. The highest BCUT2D eigenvalue weighted by molar-refractivity contribution is 7.89. The Morgan fingerprint density at radius 3 is 2.61 bits per heavy atom. The van der Waals surface area contributed by atoms with Gasteiger partial charge in [0.05, 0.1) is 12.0 Å². The average Bonchev–Trinajstić information content (AvgIpc) is 2.57. The van der Waals surface area contributed by atoms with Crippen LogP contribution in [0.5, 0.6) is 0 Å². The molecule has 0 saturated carbocycles. The van der Waals surface area contributed by atoms with Crippen molar-refractivity contribution in [2.24, 2.45) is 5.92 Å². The Morgan fingerprint density at radius 1 is 1.39 bits per heavy atom. The van der Waals surface area contributed by atoms with Crippen molar-refractivity contribution in [1.29, 1.82) is 0 Å². The summed E-state index contributed by atoms with van der Waals surface area (Å²) >= 11 is 0. The van der Waals surface area contributed by atoms with Gasteiger partial charge in [-0.25, -0.2) is 12.8 Å². The lowest BCUT2D eigenvalue weighted by atomic mass is 10.0. The molecule has 0 aliphatic carbocycles. The van der Waals surface area contributed by atoms with Crippen LogP contribution in [0.3, 0.4) is 0 Å². The summed E-state index contributed by atoms with van der Waals surface area (Å²) in [4.78, 5) is 12.1. The second-order valence-electron chi connectivity index (χ2n) is 5.82. The summed E-state index contributed by atoms with van der Waals surface area (Å²) in [6, 6.07) is 2.54. The largest absolute Gasteiger partial charge is 0.468 e. The van der Waals surface area contributed by atoms with Crippen LogP contribution in [0.4, 0.5) is 4.39 Å². The average molecular weight is 341 g/mol. The molecular weight excluding hydrogens is 321 g/mol. The fraction of sp³-hybridized carbons (Fsp3) is 0.438. The van der Waals surface area contributed by atoms with Crippen molar-refractivity contribution in [3.05, 3.63) is 36.2 Å². The van der Waals surface area contributed by atoms with Crippen LogP contribution in [0, 0.1) is 11.7 Å². The Balaban J connectivity index is 2.62. The van der Waals surface area contributed by atoms with Crippen molar-refractivity contribution in [3.63, 3.8) is 0 Å². The molecule has 0 bridgehead atoms. The quantitative estimate of drug-likeness (QED) is 0.792. The van der Waals surface area contributed by atoms with E-state index in [1.807, 2.05) is 0 Å². The van der Waals surface area contributed by atoms with Crippen LogP contribution in [0.1, 0.15) is 25.8 Å². The van der Waals surface area contributed by atoms with Gasteiger partial charge in [-0.3, -0.25) is 4.79 Å². The molecule has 1 atom stereocenters. The van der Waals surface area contributed by atoms with Gasteiger partial charge < -0.3 is 4.74 Å². The molecule has 0 amide bonds. The molecule has 0 spiro atoms. The number of carbonyl (C=O) groups excluding carboxylic acids is 1. The molecule has 0 saturated heterocycles. The highest BCUT2D eigenvalue weighted by Gasteiger charge is 2.41. The Morgan fingerprint density at radius 2 is 2.04 bits per heavy atom. The van der Waals surface area contributed by atoms with Crippen LogP contribution in [0.25, 0.3) is 5.57 Å². The standard InChI is InChI=1S/C16H20FNO4S/c1-10(2)15(16(19)22-4)18-8-7-11(3)13-9-12(17)5-6-14(13)23(18,20)21/h5-6,9-10,15H,3,7-8H2,1-2,4H3/t15-/m1/s1. The van der Waals surface area contributed by atoms with E-state index in [1.54, 1.807) is 13.8 Å². The zero-order valence-electron chi connectivity index (χ0n) is 13.4. The molecule has 1 aromatic rings. The SMILES string of the molecule is C=C1CCN([C@@H](C(=O)OC)C(C)C)S(=O)(=O)c2ccc(F)cc21. The summed E-state index contributed by atoms with van der Waals surface area (Å²) < 4.78 is 45.4. The lowest BCUT2D eigenvalue weighted by Crippen LogP contribution is -2.48. The fourth-order valence-electron chi connectivity index (χ4n) is 2.76.